The van der Waals surface area contributed by atoms with E-state index in [1.807, 2.05) is 0 Å². The number of rotatable bonds is 4. The average Bonchev–Trinajstić information content (AvgIpc) is 2.90. The maximum Gasteiger partial charge on any atom is 0.251 e. The zero-order valence-electron chi connectivity index (χ0n) is 15.6. The van der Waals surface area contributed by atoms with Gasteiger partial charge in [0.2, 0.25) is 5.75 Å². The minimum atomic E-state index is -0.714. The van der Waals surface area contributed by atoms with Crippen LogP contribution in [0.2, 0.25) is 10.0 Å². The third-order valence-electron chi connectivity index (χ3n) is 5.33. The van der Waals surface area contributed by atoms with Gasteiger partial charge in [-0.25, -0.2) is 0 Å². The van der Waals surface area contributed by atoms with Crippen LogP contribution in [0.1, 0.15) is 54.4 Å². The molecule has 1 spiro atoms. The standard InChI is InChI=1S/C21H21Cl2NO4/c1-26-18-7-6-13(17(25)10-14-15(22)11-24-12-16(14)23)19-20(18)28-21(27-19)8-4-2-3-5-9-21/h6-7,11-12H,2-5,8-10H2,1H3. The molecule has 2 heterocycles. The molecule has 0 saturated heterocycles. The zero-order chi connectivity index (χ0) is 19.7. The molecule has 0 amide bonds. The first-order valence-corrected chi connectivity index (χ1v) is 10.2. The van der Waals surface area contributed by atoms with Gasteiger partial charge in [0.05, 0.1) is 22.7 Å². The normalized spacial score (nSPS) is 17.4. The van der Waals surface area contributed by atoms with Crippen molar-refractivity contribution in [3.63, 3.8) is 0 Å². The smallest absolute Gasteiger partial charge is 0.251 e. The highest BCUT2D eigenvalue weighted by molar-refractivity contribution is 6.36. The lowest BCUT2D eigenvalue weighted by Gasteiger charge is -2.26. The lowest BCUT2D eigenvalue weighted by atomic mass is 10.0. The minimum absolute atomic E-state index is 0.0509. The second kappa shape index (κ2) is 7.80. The molecule has 1 aliphatic carbocycles. The highest BCUT2D eigenvalue weighted by Gasteiger charge is 2.44. The molecule has 1 saturated carbocycles. The number of methoxy groups -OCH3 is 1. The molecule has 0 atom stereocenters. The summed E-state index contributed by atoms with van der Waals surface area (Å²) in [5.41, 5.74) is 0.997. The predicted octanol–water partition coefficient (Wildman–Crippen LogP) is 5.64. The van der Waals surface area contributed by atoms with E-state index in [2.05, 4.69) is 4.98 Å². The fourth-order valence-corrected chi connectivity index (χ4v) is 4.35. The summed E-state index contributed by atoms with van der Waals surface area (Å²) in [5, 5.41) is 0.729. The second-order valence-corrected chi connectivity index (χ2v) is 8.00. The highest BCUT2D eigenvalue weighted by Crippen LogP contribution is 2.51. The molecule has 2 aromatic rings. The molecular formula is C21H21Cl2NO4. The summed E-state index contributed by atoms with van der Waals surface area (Å²) in [6.45, 7) is 0. The monoisotopic (exact) mass is 421 g/mol. The number of hydrogen-bond acceptors (Lipinski definition) is 5. The number of nitrogens with zero attached hydrogens (tertiary/aromatic N) is 1. The Bertz CT molecular complexity index is 887. The number of pyridine rings is 1. The molecule has 0 bridgehead atoms. The van der Waals surface area contributed by atoms with E-state index in [0.29, 0.717) is 38.4 Å². The summed E-state index contributed by atoms with van der Waals surface area (Å²) >= 11 is 12.4. The molecule has 1 aromatic carbocycles. The Morgan fingerprint density at radius 3 is 2.36 bits per heavy atom. The molecule has 1 fully saturated rings. The number of carbonyl (C=O) groups excluding carboxylic acids is 1. The lowest BCUT2D eigenvalue weighted by molar-refractivity contribution is -0.0907. The molecule has 1 aromatic heterocycles. The SMILES string of the molecule is COc1ccc(C(=O)Cc2c(Cl)cncc2Cl)c2c1OC1(CCCCCC1)O2. The molecule has 0 N–H and O–H groups in total. The summed E-state index contributed by atoms with van der Waals surface area (Å²) in [5.74, 6) is 0.652. The van der Waals surface area contributed by atoms with Gasteiger partial charge in [0.25, 0.3) is 5.79 Å². The fraction of sp³-hybridized carbons (Fsp3) is 0.429. The van der Waals surface area contributed by atoms with Crippen LogP contribution in [0.5, 0.6) is 17.2 Å². The van der Waals surface area contributed by atoms with Crippen LogP contribution in [0.3, 0.4) is 0 Å². The van der Waals surface area contributed by atoms with Crippen molar-refractivity contribution in [2.45, 2.75) is 50.7 Å². The van der Waals surface area contributed by atoms with Gasteiger partial charge in [-0.1, -0.05) is 36.0 Å². The maximum atomic E-state index is 13.1. The van der Waals surface area contributed by atoms with E-state index in [1.165, 1.54) is 12.4 Å². The van der Waals surface area contributed by atoms with Gasteiger partial charge < -0.3 is 14.2 Å². The van der Waals surface area contributed by atoms with Crippen molar-refractivity contribution in [1.82, 2.24) is 4.98 Å². The molecule has 7 heteroatoms. The second-order valence-electron chi connectivity index (χ2n) is 7.18. The van der Waals surface area contributed by atoms with Crippen LogP contribution in [0.4, 0.5) is 0 Å². The van der Waals surface area contributed by atoms with Crippen molar-refractivity contribution >= 4 is 29.0 Å². The predicted molar refractivity (Wildman–Crippen MR) is 107 cm³/mol. The van der Waals surface area contributed by atoms with Crippen molar-refractivity contribution in [2.24, 2.45) is 0 Å². The third kappa shape index (κ3) is 3.53. The first kappa shape index (κ1) is 19.3. The van der Waals surface area contributed by atoms with Gasteiger partial charge >= 0.3 is 0 Å². The third-order valence-corrected chi connectivity index (χ3v) is 5.98. The van der Waals surface area contributed by atoms with Gasteiger partial charge in [0, 0.05) is 37.2 Å². The summed E-state index contributed by atoms with van der Waals surface area (Å²) in [6, 6.07) is 3.45. The number of Topliss-reactive ketones (excluding diaryl/α,β-unsaturated/α-hetero) is 1. The fourth-order valence-electron chi connectivity index (χ4n) is 3.85. The zero-order valence-corrected chi connectivity index (χ0v) is 17.1. The minimum Gasteiger partial charge on any atom is -0.493 e. The quantitative estimate of drug-likeness (QED) is 0.597. The molecular weight excluding hydrogens is 401 g/mol. The summed E-state index contributed by atoms with van der Waals surface area (Å²) in [6.07, 6.45) is 8.97. The molecule has 2 aliphatic rings. The van der Waals surface area contributed by atoms with Gasteiger partial charge in [-0.15, -0.1) is 0 Å². The first-order chi connectivity index (χ1) is 13.5. The molecule has 0 radical (unpaired) electrons. The average molecular weight is 422 g/mol. The van der Waals surface area contributed by atoms with Crippen LogP contribution < -0.4 is 14.2 Å². The van der Waals surface area contributed by atoms with Crippen LogP contribution in [0.25, 0.3) is 0 Å². The van der Waals surface area contributed by atoms with Crippen molar-refractivity contribution in [3.05, 3.63) is 45.7 Å². The Morgan fingerprint density at radius 2 is 1.71 bits per heavy atom. The van der Waals surface area contributed by atoms with Crippen LogP contribution in [-0.4, -0.2) is 23.7 Å². The van der Waals surface area contributed by atoms with Crippen molar-refractivity contribution in [2.75, 3.05) is 7.11 Å². The maximum absolute atomic E-state index is 13.1. The van der Waals surface area contributed by atoms with E-state index in [0.717, 1.165) is 38.5 Å². The Labute approximate surface area is 173 Å². The summed E-state index contributed by atoms with van der Waals surface area (Å²) < 4.78 is 18.0. The number of aromatic nitrogens is 1. The Kier molecular flexibility index (Phi) is 5.39. The van der Waals surface area contributed by atoms with Crippen LogP contribution in [0.15, 0.2) is 24.5 Å². The van der Waals surface area contributed by atoms with E-state index >= 15 is 0 Å². The van der Waals surface area contributed by atoms with E-state index in [1.54, 1.807) is 19.2 Å². The van der Waals surface area contributed by atoms with E-state index in [4.69, 9.17) is 37.4 Å². The van der Waals surface area contributed by atoms with Crippen LogP contribution >= 0.6 is 23.2 Å². The molecule has 4 rings (SSSR count). The molecule has 1 aliphatic heterocycles. The number of ketones is 1. The summed E-state index contributed by atoms with van der Waals surface area (Å²) in [7, 11) is 1.58. The molecule has 28 heavy (non-hydrogen) atoms. The van der Waals surface area contributed by atoms with Gasteiger partial charge in [0.1, 0.15) is 0 Å². The molecule has 5 nitrogen and oxygen atoms in total. The van der Waals surface area contributed by atoms with E-state index in [9.17, 15) is 4.79 Å². The first-order valence-electron chi connectivity index (χ1n) is 9.43. The van der Waals surface area contributed by atoms with Crippen LogP contribution in [-0.2, 0) is 6.42 Å². The largest absolute Gasteiger partial charge is 0.493 e. The Balaban J connectivity index is 1.68. The van der Waals surface area contributed by atoms with Crippen molar-refractivity contribution < 1.29 is 19.0 Å². The van der Waals surface area contributed by atoms with E-state index < -0.39 is 5.79 Å². The van der Waals surface area contributed by atoms with Gasteiger partial charge in [-0.2, -0.15) is 0 Å². The number of carbonyl (C=O) groups is 1. The van der Waals surface area contributed by atoms with Gasteiger partial charge in [-0.05, 0) is 25.0 Å². The van der Waals surface area contributed by atoms with E-state index in [-0.39, 0.29) is 12.2 Å². The van der Waals surface area contributed by atoms with Gasteiger partial charge in [0.15, 0.2) is 17.3 Å². The number of halogens is 2. The van der Waals surface area contributed by atoms with Crippen molar-refractivity contribution in [1.29, 1.82) is 0 Å². The molecule has 148 valence electrons. The molecule has 0 unspecified atom stereocenters. The van der Waals surface area contributed by atoms with Crippen molar-refractivity contribution in [3.8, 4) is 17.2 Å². The number of ether oxygens (including phenoxy) is 3. The van der Waals surface area contributed by atoms with Crippen LogP contribution in [0, 0.1) is 0 Å². The number of fused-ring (bicyclic) bond motifs is 1. The lowest BCUT2D eigenvalue weighted by Crippen LogP contribution is -2.37. The number of benzene rings is 1. The summed E-state index contributed by atoms with van der Waals surface area (Å²) in [4.78, 5) is 17.0. The Morgan fingerprint density at radius 1 is 1.07 bits per heavy atom. The number of hydrogen-bond donors (Lipinski definition) is 0. The Hall–Kier alpha value is -1.98. The van der Waals surface area contributed by atoms with Gasteiger partial charge in [-0.3, -0.25) is 9.78 Å². The highest BCUT2D eigenvalue weighted by atomic mass is 35.5. The topological polar surface area (TPSA) is 57.7 Å².